The Morgan fingerprint density at radius 3 is 2.25 bits per heavy atom. The first-order valence-electron chi connectivity index (χ1n) is 10.6. The normalized spacial score (nSPS) is 16.9. The van der Waals surface area contributed by atoms with Crippen molar-refractivity contribution in [2.24, 2.45) is 5.92 Å². The third-order valence-corrected chi connectivity index (χ3v) is 5.82. The summed E-state index contributed by atoms with van der Waals surface area (Å²) in [6.07, 6.45) is 7.37. The molecule has 0 radical (unpaired) electrons. The van der Waals surface area contributed by atoms with Crippen LogP contribution in [0.2, 0.25) is 0 Å². The molecule has 1 aromatic rings. The average Bonchev–Trinajstić information content (AvgIpc) is 3.52. The second kappa shape index (κ2) is 12.6. The van der Waals surface area contributed by atoms with Crippen molar-refractivity contribution in [1.29, 1.82) is 0 Å². The highest BCUT2D eigenvalue weighted by Crippen LogP contribution is 2.28. The number of halogens is 2. The number of anilines is 1. The standard InChI is InChI=1S/C22H35N3O.2ClH/c1-3-5-14-24(4-2)21-10-8-19(9-11-21)22(26)25-15-12-20(13-16-25)23-17-18-6-7-18;;/h8-11,18,20,23H,3-7,12-17H2,1-2H3;2*1H. The van der Waals surface area contributed by atoms with E-state index in [0.717, 1.165) is 50.5 Å². The summed E-state index contributed by atoms with van der Waals surface area (Å²) in [7, 11) is 0. The quantitative estimate of drug-likeness (QED) is 0.614. The molecule has 160 valence electrons. The third kappa shape index (κ3) is 7.13. The predicted octanol–water partition coefficient (Wildman–Crippen LogP) is 4.76. The summed E-state index contributed by atoms with van der Waals surface area (Å²) >= 11 is 0. The van der Waals surface area contributed by atoms with E-state index in [1.807, 2.05) is 17.0 Å². The largest absolute Gasteiger partial charge is 0.372 e. The molecule has 1 saturated heterocycles. The monoisotopic (exact) mass is 429 g/mol. The summed E-state index contributed by atoms with van der Waals surface area (Å²) in [6, 6.07) is 8.82. The maximum Gasteiger partial charge on any atom is 0.253 e. The molecule has 1 amide bonds. The highest BCUT2D eigenvalue weighted by Gasteiger charge is 2.26. The van der Waals surface area contributed by atoms with E-state index in [0.29, 0.717) is 6.04 Å². The number of piperidine rings is 1. The van der Waals surface area contributed by atoms with E-state index in [-0.39, 0.29) is 30.7 Å². The highest BCUT2D eigenvalue weighted by molar-refractivity contribution is 5.94. The Balaban J connectivity index is 0.00000196. The SMILES string of the molecule is CCCCN(CC)c1ccc(C(=O)N2CCC(NCC3CC3)CC2)cc1.Cl.Cl. The van der Waals surface area contributed by atoms with Gasteiger partial charge in [0.2, 0.25) is 0 Å². The van der Waals surface area contributed by atoms with Crippen molar-refractivity contribution < 1.29 is 4.79 Å². The van der Waals surface area contributed by atoms with E-state index in [2.05, 4.69) is 36.2 Å². The number of carbonyl (C=O) groups excluding carboxylic acids is 1. The van der Waals surface area contributed by atoms with E-state index in [1.165, 1.54) is 37.9 Å². The molecule has 0 unspecified atom stereocenters. The topological polar surface area (TPSA) is 35.6 Å². The molecule has 0 spiro atoms. The number of hydrogen-bond acceptors (Lipinski definition) is 3. The second-order valence-corrected chi connectivity index (χ2v) is 7.90. The van der Waals surface area contributed by atoms with Gasteiger partial charge < -0.3 is 15.1 Å². The van der Waals surface area contributed by atoms with Crippen LogP contribution in [0, 0.1) is 5.92 Å². The van der Waals surface area contributed by atoms with Crippen molar-refractivity contribution >= 4 is 36.4 Å². The molecule has 1 heterocycles. The van der Waals surface area contributed by atoms with Gasteiger partial charge >= 0.3 is 0 Å². The summed E-state index contributed by atoms with van der Waals surface area (Å²) in [6.45, 7) is 9.43. The summed E-state index contributed by atoms with van der Waals surface area (Å²) in [4.78, 5) is 17.2. The number of carbonyl (C=O) groups is 1. The summed E-state index contributed by atoms with van der Waals surface area (Å²) in [5.74, 6) is 1.11. The lowest BCUT2D eigenvalue weighted by atomic mass is 10.0. The van der Waals surface area contributed by atoms with Gasteiger partial charge in [-0.15, -0.1) is 24.8 Å². The number of unbranched alkanes of at least 4 members (excludes halogenated alkanes) is 1. The van der Waals surface area contributed by atoms with E-state index in [9.17, 15) is 4.79 Å². The third-order valence-electron chi connectivity index (χ3n) is 5.82. The molecule has 28 heavy (non-hydrogen) atoms. The van der Waals surface area contributed by atoms with Gasteiger partial charge in [-0.2, -0.15) is 0 Å². The Hall–Kier alpha value is -0.970. The zero-order valence-corrected chi connectivity index (χ0v) is 19.0. The van der Waals surface area contributed by atoms with Gasteiger partial charge in [-0.25, -0.2) is 0 Å². The lowest BCUT2D eigenvalue weighted by molar-refractivity contribution is 0.0705. The van der Waals surface area contributed by atoms with Crippen molar-refractivity contribution in [2.45, 2.75) is 58.4 Å². The zero-order chi connectivity index (χ0) is 18.4. The number of nitrogens with one attached hydrogen (secondary N) is 1. The van der Waals surface area contributed by atoms with Crippen LogP contribution in [-0.4, -0.2) is 49.6 Å². The van der Waals surface area contributed by atoms with Crippen LogP contribution in [-0.2, 0) is 0 Å². The fourth-order valence-electron chi connectivity index (χ4n) is 3.76. The first kappa shape index (κ1) is 25.1. The first-order valence-corrected chi connectivity index (χ1v) is 10.6. The summed E-state index contributed by atoms with van der Waals surface area (Å²) < 4.78 is 0. The van der Waals surface area contributed by atoms with E-state index >= 15 is 0 Å². The predicted molar refractivity (Wildman–Crippen MR) is 123 cm³/mol. The molecule has 1 aliphatic heterocycles. The van der Waals surface area contributed by atoms with E-state index in [1.54, 1.807) is 0 Å². The van der Waals surface area contributed by atoms with Crippen LogP contribution in [0.15, 0.2) is 24.3 Å². The zero-order valence-electron chi connectivity index (χ0n) is 17.4. The van der Waals surface area contributed by atoms with Gasteiger partial charge in [0, 0.05) is 43.5 Å². The molecule has 6 heteroatoms. The van der Waals surface area contributed by atoms with Crippen molar-refractivity contribution in [1.82, 2.24) is 10.2 Å². The fraction of sp³-hybridized carbons (Fsp3) is 0.682. The Morgan fingerprint density at radius 1 is 1.07 bits per heavy atom. The molecule has 2 fully saturated rings. The number of hydrogen-bond donors (Lipinski definition) is 1. The number of amides is 1. The van der Waals surface area contributed by atoms with Gasteiger partial charge in [0.1, 0.15) is 0 Å². The van der Waals surface area contributed by atoms with Crippen molar-refractivity contribution in [3.05, 3.63) is 29.8 Å². The van der Waals surface area contributed by atoms with Crippen LogP contribution < -0.4 is 10.2 Å². The Bertz CT molecular complexity index is 570. The molecule has 4 nitrogen and oxygen atoms in total. The van der Waals surface area contributed by atoms with Crippen LogP contribution in [0.4, 0.5) is 5.69 Å². The lowest BCUT2D eigenvalue weighted by Crippen LogP contribution is -2.45. The van der Waals surface area contributed by atoms with Crippen LogP contribution in [0.5, 0.6) is 0 Å². The summed E-state index contributed by atoms with van der Waals surface area (Å²) in [5.41, 5.74) is 2.05. The molecular weight excluding hydrogens is 393 g/mol. The first-order chi connectivity index (χ1) is 12.7. The van der Waals surface area contributed by atoms with Gasteiger partial charge in [-0.3, -0.25) is 4.79 Å². The number of benzene rings is 1. The molecular formula is C22H37Cl2N3O. The lowest BCUT2D eigenvalue weighted by Gasteiger charge is -2.32. The molecule has 1 aliphatic carbocycles. The van der Waals surface area contributed by atoms with Gasteiger partial charge in [0.25, 0.3) is 5.91 Å². The molecule has 2 aliphatic rings. The molecule has 1 N–H and O–H groups in total. The highest BCUT2D eigenvalue weighted by atomic mass is 35.5. The summed E-state index contributed by atoms with van der Waals surface area (Å²) in [5, 5.41) is 3.68. The van der Waals surface area contributed by atoms with Crippen LogP contribution >= 0.6 is 24.8 Å². The maximum atomic E-state index is 12.8. The molecule has 3 rings (SSSR count). The molecule has 1 saturated carbocycles. The van der Waals surface area contributed by atoms with Crippen LogP contribution in [0.1, 0.15) is 62.7 Å². The maximum absolute atomic E-state index is 12.8. The fourth-order valence-corrected chi connectivity index (χ4v) is 3.76. The van der Waals surface area contributed by atoms with Crippen LogP contribution in [0.3, 0.4) is 0 Å². The number of nitrogens with zero attached hydrogens (tertiary/aromatic N) is 2. The molecule has 0 bridgehead atoms. The minimum atomic E-state index is 0. The number of likely N-dealkylation sites (tertiary alicyclic amines) is 1. The Kier molecular flexibility index (Phi) is 11.2. The minimum absolute atomic E-state index is 0. The smallest absolute Gasteiger partial charge is 0.253 e. The Labute approximate surface area is 183 Å². The molecule has 0 aromatic heterocycles. The van der Waals surface area contributed by atoms with Gasteiger partial charge in [-0.05, 0) is 75.8 Å². The second-order valence-electron chi connectivity index (χ2n) is 7.90. The number of rotatable bonds is 9. The van der Waals surface area contributed by atoms with E-state index < -0.39 is 0 Å². The molecule has 1 aromatic carbocycles. The van der Waals surface area contributed by atoms with Gasteiger partial charge in [0.15, 0.2) is 0 Å². The Morgan fingerprint density at radius 2 is 1.71 bits per heavy atom. The molecule has 0 atom stereocenters. The van der Waals surface area contributed by atoms with Crippen molar-refractivity contribution in [2.75, 3.05) is 37.6 Å². The van der Waals surface area contributed by atoms with Crippen LogP contribution in [0.25, 0.3) is 0 Å². The van der Waals surface area contributed by atoms with Crippen molar-refractivity contribution in [3.63, 3.8) is 0 Å². The minimum Gasteiger partial charge on any atom is -0.372 e. The van der Waals surface area contributed by atoms with Gasteiger partial charge in [0.05, 0.1) is 0 Å². The van der Waals surface area contributed by atoms with Crippen molar-refractivity contribution in [3.8, 4) is 0 Å². The average molecular weight is 430 g/mol. The van der Waals surface area contributed by atoms with Gasteiger partial charge in [-0.1, -0.05) is 13.3 Å². The van der Waals surface area contributed by atoms with E-state index in [4.69, 9.17) is 0 Å².